The molecule has 0 N–H and O–H groups in total. The zero-order valence-electron chi connectivity index (χ0n) is 13.5. The first kappa shape index (κ1) is 15.3. The van der Waals surface area contributed by atoms with Gasteiger partial charge >= 0.3 is 0 Å². The van der Waals surface area contributed by atoms with Crippen molar-refractivity contribution in [3.8, 4) is 0 Å². The smallest absolute Gasteiger partial charge is 0.249 e. The fourth-order valence-electron chi connectivity index (χ4n) is 3.02. The number of hydrogen-bond acceptors (Lipinski definition) is 6. The van der Waals surface area contributed by atoms with E-state index in [9.17, 15) is 4.79 Å². The molecule has 1 aromatic carbocycles. The molecule has 2 aliphatic heterocycles. The van der Waals surface area contributed by atoms with Gasteiger partial charge in [0.05, 0.1) is 12.7 Å². The van der Waals surface area contributed by atoms with Gasteiger partial charge in [0.25, 0.3) is 0 Å². The van der Waals surface area contributed by atoms with Crippen molar-refractivity contribution in [2.75, 3.05) is 19.7 Å². The van der Waals surface area contributed by atoms with Crippen molar-refractivity contribution < 1.29 is 18.7 Å². The first-order valence-corrected chi connectivity index (χ1v) is 8.09. The molecule has 126 valence electrons. The molecular formula is C17H19N3O4. The maximum absolute atomic E-state index is 11.1. The normalized spacial score (nSPS) is 20.5. The third-order valence-electron chi connectivity index (χ3n) is 4.44. The highest BCUT2D eigenvalue weighted by Gasteiger charge is 2.30. The van der Waals surface area contributed by atoms with Gasteiger partial charge in [0.1, 0.15) is 6.61 Å². The van der Waals surface area contributed by atoms with Gasteiger partial charge < -0.3 is 18.8 Å². The number of likely N-dealkylation sites (tertiary alicyclic amines) is 1. The first-order valence-electron chi connectivity index (χ1n) is 8.09. The van der Waals surface area contributed by atoms with E-state index in [2.05, 4.69) is 16.3 Å². The van der Waals surface area contributed by atoms with E-state index in [0.29, 0.717) is 31.5 Å². The highest BCUT2D eigenvalue weighted by molar-refractivity contribution is 5.74. The predicted molar refractivity (Wildman–Crippen MR) is 83.1 cm³/mol. The molecule has 0 radical (unpaired) electrons. The lowest BCUT2D eigenvalue weighted by Gasteiger charge is -2.37. The zero-order chi connectivity index (χ0) is 16.5. The third-order valence-corrected chi connectivity index (χ3v) is 4.44. The van der Waals surface area contributed by atoms with Crippen molar-refractivity contribution >= 4 is 5.91 Å². The lowest BCUT2D eigenvalue weighted by Crippen LogP contribution is -2.53. The molecule has 1 aromatic heterocycles. The minimum Gasteiger partial charge on any atom is -0.419 e. The molecule has 4 rings (SSSR count). The first-order chi connectivity index (χ1) is 11.7. The van der Waals surface area contributed by atoms with Crippen LogP contribution in [0.15, 0.2) is 28.7 Å². The Morgan fingerprint density at radius 2 is 2.17 bits per heavy atom. The molecular weight excluding hydrogens is 310 g/mol. The molecule has 24 heavy (non-hydrogen) atoms. The van der Waals surface area contributed by atoms with E-state index >= 15 is 0 Å². The van der Waals surface area contributed by atoms with E-state index in [1.54, 1.807) is 11.8 Å². The van der Waals surface area contributed by atoms with Crippen LogP contribution in [0.1, 0.15) is 35.9 Å². The summed E-state index contributed by atoms with van der Waals surface area (Å²) in [5.41, 5.74) is 2.33. The second-order valence-electron chi connectivity index (χ2n) is 6.09. The number of rotatable bonds is 4. The number of fused-ring (bicyclic) bond motifs is 1. The second kappa shape index (κ2) is 6.33. The van der Waals surface area contributed by atoms with Crippen LogP contribution in [0.2, 0.25) is 0 Å². The quantitative estimate of drug-likeness (QED) is 0.845. The van der Waals surface area contributed by atoms with Crippen molar-refractivity contribution in [2.45, 2.75) is 32.2 Å². The fourth-order valence-corrected chi connectivity index (χ4v) is 3.02. The molecule has 1 unspecified atom stereocenters. The molecule has 2 aliphatic rings. The van der Waals surface area contributed by atoms with Crippen LogP contribution in [0, 0.1) is 0 Å². The molecule has 7 heteroatoms. The molecule has 0 aliphatic carbocycles. The Labute approximate surface area is 139 Å². The average Bonchev–Trinajstić information content (AvgIpc) is 3.01. The van der Waals surface area contributed by atoms with E-state index in [4.69, 9.17) is 13.9 Å². The molecule has 1 amide bonds. The number of benzene rings is 1. The summed E-state index contributed by atoms with van der Waals surface area (Å²) in [6.07, 6.45) is 0.620. The van der Waals surface area contributed by atoms with Crippen LogP contribution >= 0.6 is 0 Å². The van der Waals surface area contributed by atoms with Gasteiger partial charge in [-0.2, -0.15) is 0 Å². The Balaban J connectivity index is 1.38. The Morgan fingerprint density at radius 1 is 1.33 bits per heavy atom. The van der Waals surface area contributed by atoms with E-state index in [0.717, 1.165) is 12.0 Å². The molecule has 0 spiro atoms. The number of aromatic nitrogens is 2. The summed E-state index contributed by atoms with van der Waals surface area (Å²) in [5, 5.41) is 8.16. The summed E-state index contributed by atoms with van der Waals surface area (Å²) in [6.45, 7) is 3.68. The van der Waals surface area contributed by atoms with E-state index < -0.39 is 0 Å². The summed E-state index contributed by atoms with van der Waals surface area (Å²) in [4.78, 5) is 12.9. The van der Waals surface area contributed by atoms with Gasteiger partial charge in [0.15, 0.2) is 6.10 Å². The maximum atomic E-state index is 11.1. The Bertz CT molecular complexity index is 739. The molecule has 0 saturated carbocycles. The van der Waals surface area contributed by atoms with Crippen LogP contribution < -0.4 is 0 Å². The van der Waals surface area contributed by atoms with Crippen molar-refractivity contribution in [1.82, 2.24) is 15.1 Å². The van der Waals surface area contributed by atoms with Crippen LogP contribution in [0.5, 0.6) is 0 Å². The summed E-state index contributed by atoms with van der Waals surface area (Å²) in [5.74, 6) is 0.959. The predicted octanol–water partition coefficient (Wildman–Crippen LogP) is 1.48. The third kappa shape index (κ3) is 2.92. The standard InChI is InChI=1S/C17H19N3O4/c1-11(21)20-8-13(9-20)23-10-15-18-19-17(24-15)16-14-5-3-2-4-12(14)6-7-22-16/h2-5,13,16H,6-10H2,1H3. The van der Waals surface area contributed by atoms with Gasteiger partial charge in [-0.3, -0.25) is 4.79 Å². The summed E-state index contributed by atoms with van der Waals surface area (Å²) < 4.78 is 17.2. The second-order valence-corrected chi connectivity index (χ2v) is 6.09. The number of carbonyl (C=O) groups is 1. The van der Waals surface area contributed by atoms with E-state index in [1.165, 1.54) is 5.56 Å². The van der Waals surface area contributed by atoms with Crippen molar-refractivity contribution in [3.63, 3.8) is 0 Å². The minimum absolute atomic E-state index is 0.0379. The van der Waals surface area contributed by atoms with Gasteiger partial charge in [-0.25, -0.2) is 0 Å². The average molecular weight is 329 g/mol. The van der Waals surface area contributed by atoms with Crippen molar-refractivity contribution in [2.24, 2.45) is 0 Å². The monoisotopic (exact) mass is 329 g/mol. The number of amides is 1. The van der Waals surface area contributed by atoms with E-state index in [-0.39, 0.29) is 24.7 Å². The fraction of sp³-hybridized carbons (Fsp3) is 0.471. The lowest BCUT2D eigenvalue weighted by molar-refractivity contribution is -0.144. The number of nitrogens with zero attached hydrogens (tertiary/aromatic N) is 3. The number of ether oxygens (including phenoxy) is 2. The molecule has 2 aromatic rings. The Kier molecular flexibility index (Phi) is 4.03. The van der Waals surface area contributed by atoms with Gasteiger partial charge in [0.2, 0.25) is 17.7 Å². The topological polar surface area (TPSA) is 77.7 Å². The highest BCUT2D eigenvalue weighted by Crippen LogP contribution is 2.31. The van der Waals surface area contributed by atoms with Crippen LogP contribution in [-0.4, -0.2) is 46.8 Å². The van der Waals surface area contributed by atoms with Crippen LogP contribution in [-0.2, 0) is 27.3 Å². The summed E-state index contributed by atoms with van der Waals surface area (Å²) >= 11 is 0. The summed E-state index contributed by atoms with van der Waals surface area (Å²) in [7, 11) is 0. The Morgan fingerprint density at radius 3 is 3.00 bits per heavy atom. The molecule has 7 nitrogen and oxygen atoms in total. The Hall–Kier alpha value is -2.25. The molecule has 1 saturated heterocycles. The van der Waals surface area contributed by atoms with Crippen LogP contribution in [0.4, 0.5) is 0 Å². The van der Waals surface area contributed by atoms with Gasteiger partial charge in [-0.15, -0.1) is 10.2 Å². The van der Waals surface area contributed by atoms with Gasteiger partial charge in [-0.05, 0) is 17.5 Å². The minimum atomic E-state index is -0.312. The largest absolute Gasteiger partial charge is 0.419 e. The summed E-state index contributed by atoms with van der Waals surface area (Å²) in [6, 6.07) is 8.14. The highest BCUT2D eigenvalue weighted by atomic mass is 16.5. The molecule has 3 heterocycles. The number of carbonyl (C=O) groups excluding carboxylic acids is 1. The molecule has 1 fully saturated rings. The van der Waals surface area contributed by atoms with Crippen LogP contribution in [0.25, 0.3) is 0 Å². The van der Waals surface area contributed by atoms with Gasteiger partial charge in [-0.1, -0.05) is 24.3 Å². The van der Waals surface area contributed by atoms with Crippen LogP contribution in [0.3, 0.4) is 0 Å². The zero-order valence-corrected chi connectivity index (χ0v) is 13.5. The molecule has 0 bridgehead atoms. The van der Waals surface area contributed by atoms with Gasteiger partial charge in [0, 0.05) is 20.0 Å². The van der Waals surface area contributed by atoms with Crippen molar-refractivity contribution in [1.29, 1.82) is 0 Å². The lowest BCUT2D eigenvalue weighted by atomic mass is 9.98. The van der Waals surface area contributed by atoms with E-state index in [1.807, 2.05) is 18.2 Å². The molecule has 1 atom stereocenters. The SMILES string of the molecule is CC(=O)N1CC(OCc2nnc(C3OCCc4ccccc43)o2)C1. The number of hydrogen-bond donors (Lipinski definition) is 0. The maximum Gasteiger partial charge on any atom is 0.249 e. The van der Waals surface area contributed by atoms with Crippen molar-refractivity contribution in [3.05, 3.63) is 47.2 Å².